The molecule has 0 nitrogen and oxygen atoms in total. The zero-order valence-electron chi connectivity index (χ0n) is 22.3. The van der Waals surface area contributed by atoms with Gasteiger partial charge in [0.25, 0.3) is 0 Å². The Hall–Kier alpha value is -2.22. The molecule has 0 heterocycles. The predicted octanol–water partition coefficient (Wildman–Crippen LogP) is 10.1. The molecule has 2 atom stereocenters. The van der Waals surface area contributed by atoms with Crippen LogP contribution in [0.15, 0.2) is 60.7 Å². The molecule has 0 spiro atoms. The van der Waals surface area contributed by atoms with Crippen LogP contribution in [0.5, 0.6) is 0 Å². The lowest BCUT2D eigenvalue weighted by molar-refractivity contribution is 0.374. The lowest BCUT2D eigenvalue weighted by Crippen LogP contribution is -2.12. The second-order valence-electron chi connectivity index (χ2n) is 11.3. The largest absolute Gasteiger partial charge is 0.203 e. The van der Waals surface area contributed by atoms with Crippen molar-refractivity contribution in [2.45, 2.75) is 96.8 Å². The van der Waals surface area contributed by atoms with Gasteiger partial charge >= 0.3 is 0 Å². The molecular weight excluding hydrogens is 446 g/mol. The maximum atomic E-state index is 14.1. The first-order valence-electron chi connectivity index (χ1n) is 14.4. The van der Waals surface area contributed by atoms with Gasteiger partial charge in [0.1, 0.15) is 0 Å². The first kappa shape index (κ1) is 26.8. The van der Waals surface area contributed by atoms with E-state index in [4.69, 9.17) is 0 Å². The van der Waals surface area contributed by atoms with E-state index in [2.05, 4.69) is 55.5 Å². The molecule has 2 heteroatoms. The quantitative estimate of drug-likeness (QED) is 0.229. The summed E-state index contributed by atoms with van der Waals surface area (Å²) in [6.07, 6.45) is 24.4. The molecule has 2 aromatic rings. The zero-order valence-corrected chi connectivity index (χ0v) is 22.3. The van der Waals surface area contributed by atoms with Gasteiger partial charge in [0.15, 0.2) is 11.6 Å². The number of hydrogen-bond acceptors (Lipinski definition) is 0. The van der Waals surface area contributed by atoms with Crippen molar-refractivity contribution in [1.82, 2.24) is 0 Å². The van der Waals surface area contributed by atoms with Crippen molar-refractivity contribution in [2.75, 3.05) is 0 Å². The standard InChI is InChI=1S/C34H44F2/c1-3-4-5-6-26-8-10-27(11-9-26)12-13-28-14-20-30(21-15-28)31-22-16-29(17-23-31)18-24-32-19-7-25(2)33(35)34(32)36/h7-8,10,12-13,16-17,19,22-23,26-28,30H,3-6,9,11,14-15,18,20-21,24H2,1-2H3/b13-12+. The maximum Gasteiger partial charge on any atom is 0.162 e. The first-order chi connectivity index (χ1) is 17.5. The summed E-state index contributed by atoms with van der Waals surface area (Å²) in [4.78, 5) is 0. The van der Waals surface area contributed by atoms with Gasteiger partial charge in [-0.05, 0) is 111 Å². The fourth-order valence-electron chi connectivity index (χ4n) is 6.02. The summed E-state index contributed by atoms with van der Waals surface area (Å²) >= 11 is 0. The Balaban J connectivity index is 1.20. The Labute approximate surface area is 217 Å². The molecule has 0 radical (unpaired) electrons. The van der Waals surface area contributed by atoms with E-state index >= 15 is 0 Å². The second-order valence-corrected chi connectivity index (χ2v) is 11.3. The Kier molecular flexibility index (Phi) is 9.96. The molecule has 0 bridgehead atoms. The molecule has 0 aromatic heterocycles. The molecule has 1 fully saturated rings. The van der Waals surface area contributed by atoms with E-state index in [1.807, 2.05) is 0 Å². The number of hydrogen-bond donors (Lipinski definition) is 0. The normalized spacial score (nSPS) is 24.4. The minimum Gasteiger partial charge on any atom is -0.203 e. The van der Waals surface area contributed by atoms with Crippen LogP contribution in [0.2, 0.25) is 0 Å². The van der Waals surface area contributed by atoms with Gasteiger partial charge in [-0.2, -0.15) is 0 Å². The Morgan fingerprint density at radius 1 is 0.778 bits per heavy atom. The topological polar surface area (TPSA) is 0 Å². The van der Waals surface area contributed by atoms with Crippen molar-refractivity contribution in [3.05, 3.63) is 94.6 Å². The summed E-state index contributed by atoms with van der Waals surface area (Å²) in [6.45, 7) is 3.88. The van der Waals surface area contributed by atoms with E-state index in [0.717, 1.165) is 18.3 Å². The molecule has 0 N–H and O–H groups in total. The van der Waals surface area contributed by atoms with Crippen molar-refractivity contribution >= 4 is 0 Å². The van der Waals surface area contributed by atoms with E-state index in [1.165, 1.54) is 75.3 Å². The number of allylic oxidation sites excluding steroid dienone is 4. The number of benzene rings is 2. The van der Waals surface area contributed by atoms with Gasteiger partial charge < -0.3 is 0 Å². The molecule has 0 saturated heterocycles. The Bertz CT molecular complexity index is 1010. The zero-order chi connectivity index (χ0) is 25.3. The van der Waals surface area contributed by atoms with E-state index < -0.39 is 11.6 Å². The smallest absolute Gasteiger partial charge is 0.162 e. The maximum absolute atomic E-state index is 14.1. The van der Waals surface area contributed by atoms with Crippen molar-refractivity contribution in [1.29, 1.82) is 0 Å². The van der Waals surface area contributed by atoms with Crippen LogP contribution in [0.25, 0.3) is 0 Å². The third kappa shape index (κ3) is 7.40. The highest BCUT2D eigenvalue weighted by Crippen LogP contribution is 2.37. The summed E-state index contributed by atoms with van der Waals surface area (Å²) in [7, 11) is 0. The van der Waals surface area contributed by atoms with Gasteiger partial charge in [-0.25, -0.2) is 8.78 Å². The van der Waals surface area contributed by atoms with Crippen LogP contribution < -0.4 is 0 Å². The molecule has 2 aliphatic carbocycles. The van der Waals surface area contributed by atoms with Crippen LogP contribution in [0, 0.1) is 36.3 Å². The van der Waals surface area contributed by atoms with Crippen LogP contribution in [-0.4, -0.2) is 0 Å². The van der Waals surface area contributed by atoms with Crippen molar-refractivity contribution in [2.24, 2.45) is 17.8 Å². The van der Waals surface area contributed by atoms with Gasteiger partial charge in [-0.15, -0.1) is 0 Å². The minimum atomic E-state index is -0.713. The van der Waals surface area contributed by atoms with Crippen LogP contribution in [0.1, 0.15) is 99.3 Å². The predicted molar refractivity (Wildman–Crippen MR) is 148 cm³/mol. The lowest BCUT2D eigenvalue weighted by atomic mass is 9.78. The molecule has 4 rings (SSSR count). The Morgan fingerprint density at radius 2 is 1.56 bits per heavy atom. The van der Waals surface area contributed by atoms with E-state index in [1.54, 1.807) is 19.1 Å². The van der Waals surface area contributed by atoms with Crippen LogP contribution in [0.3, 0.4) is 0 Å². The molecule has 0 aliphatic heterocycles. The number of unbranched alkanes of at least 4 members (excludes halogenated alkanes) is 2. The highest BCUT2D eigenvalue weighted by atomic mass is 19.2. The lowest BCUT2D eigenvalue weighted by Gasteiger charge is -2.28. The van der Waals surface area contributed by atoms with E-state index in [0.29, 0.717) is 29.4 Å². The summed E-state index contributed by atoms with van der Waals surface area (Å²) < 4.78 is 28.0. The highest BCUT2D eigenvalue weighted by molar-refractivity contribution is 5.29. The van der Waals surface area contributed by atoms with Gasteiger partial charge in [0, 0.05) is 0 Å². The minimum absolute atomic E-state index is 0.364. The van der Waals surface area contributed by atoms with Crippen molar-refractivity contribution < 1.29 is 8.78 Å². The fraction of sp³-hybridized carbons (Fsp3) is 0.529. The Morgan fingerprint density at radius 3 is 2.25 bits per heavy atom. The van der Waals surface area contributed by atoms with Crippen molar-refractivity contribution in [3.8, 4) is 0 Å². The third-order valence-electron chi connectivity index (χ3n) is 8.57. The summed E-state index contributed by atoms with van der Waals surface area (Å²) in [6, 6.07) is 12.2. The molecule has 2 aliphatic rings. The molecule has 2 aromatic carbocycles. The molecule has 194 valence electrons. The average Bonchev–Trinajstić information content (AvgIpc) is 2.92. The van der Waals surface area contributed by atoms with Gasteiger partial charge in [-0.3, -0.25) is 0 Å². The molecule has 2 unspecified atom stereocenters. The first-order valence-corrected chi connectivity index (χ1v) is 14.4. The van der Waals surface area contributed by atoms with E-state index in [9.17, 15) is 8.78 Å². The van der Waals surface area contributed by atoms with Gasteiger partial charge in [0.2, 0.25) is 0 Å². The monoisotopic (exact) mass is 490 g/mol. The molecule has 0 amide bonds. The SMILES string of the molecule is CCCCCC1C=CC(/C=C/C2CCC(c3ccc(CCc4ccc(C)c(F)c4F)cc3)CC2)CC1. The molecule has 36 heavy (non-hydrogen) atoms. The summed E-state index contributed by atoms with van der Waals surface area (Å²) in [5.74, 6) is 1.42. The number of rotatable bonds is 10. The molecule has 1 saturated carbocycles. The van der Waals surface area contributed by atoms with Crippen LogP contribution in [-0.2, 0) is 12.8 Å². The average molecular weight is 491 g/mol. The second kappa shape index (κ2) is 13.4. The van der Waals surface area contributed by atoms with Crippen molar-refractivity contribution in [3.63, 3.8) is 0 Å². The van der Waals surface area contributed by atoms with Crippen LogP contribution >= 0.6 is 0 Å². The van der Waals surface area contributed by atoms with Crippen LogP contribution in [0.4, 0.5) is 8.78 Å². The summed E-state index contributed by atoms with van der Waals surface area (Å²) in [5, 5.41) is 0. The summed E-state index contributed by atoms with van der Waals surface area (Å²) in [5.41, 5.74) is 3.44. The van der Waals surface area contributed by atoms with Gasteiger partial charge in [-0.1, -0.05) is 86.9 Å². The van der Waals surface area contributed by atoms with E-state index in [-0.39, 0.29) is 0 Å². The molecular formula is C34H44F2. The number of aryl methyl sites for hydroxylation is 3. The fourth-order valence-corrected chi connectivity index (χ4v) is 6.02. The van der Waals surface area contributed by atoms with Gasteiger partial charge in [0.05, 0.1) is 0 Å². The number of halogens is 2. The third-order valence-corrected chi connectivity index (χ3v) is 8.57. The highest BCUT2D eigenvalue weighted by Gasteiger charge is 2.21.